The summed E-state index contributed by atoms with van der Waals surface area (Å²) in [6.07, 6.45) is 1.34. The van der Waals surface area contributed by atoms with Gasteiger partial charge in [0, 0.05) is 26.2 Å². The van der Waals surface area contributed by atoms with Gasteiger partial charge in [-0.3, -0.25) is 4.79 Å². The number of carbonyl (C=O) groups excluding carboxylic acids is 2. The van der Waals surface area contributed by atoms with Crippen molar-refractivity contribution < 1.29 is 27.5 Å². The van der Waals surface area contributed by atoms with E-state index < -0.39 is 16.0 Å². The fourth-order valence-corrected chi connectivity index (χ4v) is 5.94. The van der Waals surface area contributed by atoms with E-state index in [0.29, 0.717) is 19.0 Å². The first-order chi connectivity index (χ1) is 14.6. The molecule has 2 heterocycles. The van der Waals surface area contributed by atoms with E-state index in [4.69, 9.17) is 21.1 Å². The summed E-state index contributed by atoms with van der Waals surface area (Å²) >= 11 is 6.17. The van der Waals surface area contributed by atoms with Crippen molar-refractivity contribution in [3.8, 4) is 0 Å². The first-order valence-corrected chi connectivity index (χ1v) is 12.3. The van der Waals surface area contributed by atoms with Crippen molar-refractivity contribution in [3.05, 3.63) is 28.8 Å². The topological polar surface area (TPSA) is 93.2 Å². The molecule has 0 unspecified atom stereocenters. The lowest BCUT2D eigenvalue weighted by molar-refractivity contribution is -0.135. The van der Waals surface area contributed by atoms with Crippen LogP contribution in [0, 0.1) is 5.92 Å². The van der Waals surface area contributed by atoms with Crippen LogP contribution in [0.3, 0.4) is 0 Å². The van der Waals surface area contributed by atoms with Crippen LogP contribution in [0.15, 0.2) is 23.1 Å². The van der Waals surface area contributed by atoms with Gasteiger partial charge >= 0.3 is 5.97 Å². The molecule has 0 radical (unpaired) electrons. The minimum Gasteiger partial charge on any atom is -0.452 e. The Balaban J connectivity index is 1.70. The van der Waals surface area contributed by atoms with Gasteiger partial charge in [0.05, 0.1) is 22.8 Å². The lowest BCUT2D eigenvalue weighted by atomic mass is 9.99. The summed E-state index contributed by atoms with van der Waals surface area (Å²) in [5.41, 5.74) is 0.0254. The molecule has 1 amide bonds. The molecule has 1 aromatic carbocycles. The number of morpholine rings is 1. The predicted molar refractivity (Wildman–Crippen MR) is 115 cm³/mol. The Morgan fingerprint density at radius 2 is 1.74 bits per heavy atom. The molecule has 0 bridgehead atoms. The maximum atomic E-state index is 13.1. The van der Waals surface area contributed by atoms with Crippen molar-refractivity contribution in [3.63, 3.8) is 0 Å². The number of esters is 1. The molecule has 8 nitrogen and oxygen atoms in total. The fourth-order valence-electron chi connectivity index (χ4n) is 3.85. The Kier molecular flexibility index (Phi) is 7.62. The molecule has 2 saturated heterocycles. The van der Waals surface area contributed by atoms with Crippen molar-refractivity contribution in [1.82, 2.24) is 9.21 Å². The number of rotatable bonds is 5. The average molecular weight is 473 g/mol. The average Bonchev–Trinajstić information content (AvgIpc) is 2.71. The number of likely N-dealkylation sites (tertiary alicyclic amines) is 1. The zero-order chi connectivity index (χ0) is 22.8. The Morgan fingerprint density at radius 1 is 1.13 bits per heavy atom. The van der Waals surface area contributed by atoms with Crippen LogP contribution < -0.4 is 0 Å². The van der Waals surface area contributed by atoms with Gasteiger partial charge in [0.2, 0.25) is 10.0 Å². The molecular formula is C21H29ClN2O6S. The summed E-state index contributed by atoms with van der Waals surface area (Å²) in [5.74, 6) is -0.438. The van der Waals surface area contributed by atoms with Gasteiger partial charge in [-0.05, 0) is 50.8 Å². The van der Waals surface area contributed by atoms with Crippen molar-refractivity contribution in [2.75, 3.05) is 32.8 Å². The fraction of sp³-hybridized carbons (Fsp3) is 0.619. The molecule has 1 aromatic rings. The zero-order valence-corrected chi connectivity index (χ0v) is 19.6. The highest BCUT2D eigenvalue weighted by molar-refractivity contribution is 7.89. The monoisotopic (exact) mass is 472 g/mol. The summed E-state index contributed by atoms with van der Waals surface area (Å²) in [6.45, 7) is 7.06. The van der Waals surface area contributed by atoms with Crippen LogP contribution in [-0.4, -0.2) is 74.5 Å². The van der Waals surface area contributed by atoms with Gasteiger partial charge in [-0.2, -0.15) is 4.31 Å². The molecule has 2 atom stereocenters. The van der Waals surface area contributed by atoms with E-state index in [0.717, 1.165) is 12.8 Å². The van der Waals surface area contributed by atoms with Crippen LogP contribution in [-0.2, 0) is 24.3 Å². The maximum absolute atomic E-state index is 13.1. The summed E-state index contributed by atoms with van der Waals surface area (Å²) in [5, 5.41) is 0.0156. The van der Waals surface area contributed by atoms with Crippen molar-refractivity contribution in [2.24, 2.45) is 5.92 Å². The van der Waals surface area contributed by atoms with Gasteiger partial charge in [-0.25, -0.2) is 13.2 Å². The number of nitrogens with zero attached hydrogens (tertiary/aromatic N) is 2. The van der Waals surface area contributed by atoms with Crippen molar-refractivity contribution in [2.45, 2.75) is 50.7 Å². The molecule has 31 heavy (non-hydrogen) atoms. The third-order valence-corrected chi connectivity index (χ3v) is 7.95. The molecule has 172 valence electrons. The number of piperidine rings is 1. The second kappa shape index (κ2) is 9.85. The molecule has 0 aliphatic carbocycles. The van der Waals surface area contributed by atoms with Crippen LogP contribution in [0.2, 0.25) is 5.02 Å². The van der Waals surface area contributed by atoms with Crippen LogP contribution in [0.1, 0.15) is 44.0 Å². The predicted octanol–water partition coefficient (Wildman–Crippen LogP) is 2.55. The van der Waals surface area contributed by atoms with Gasteiger partial charge in [-0.15, -0.1) is 0 Å². The number of amides is 1. The first kappa shape index (κ1) is 24.0. The van der Waals surface area contributed by atoms with E-state index in [9.17, 15) is 18.0 Å². The van der Waals surface area contributed by atoms with Gasteiger partial charge in [0.1, 0.15) is 4.90 Å². The first-order valence-electron chi connectivity index (χ1n) is 10.5. The van der Waals surface area contributed by atoms with E-state index in [1.165, 1.54) is 22.5 Å². The smallest absolute Gasteiger partial charge is 0.338 e. The molecule has 0 spiro atoms. The molecule has 0 aromatic heterocycles. The summed E-state index contributed by atoms with van der Waals surface area (Å²) in [4.78, 5) is 26.3. The quantitative estimate of drug-likeness (QED) is 0.611. The minimum absolute atomic E-state index is 0.0156. The second-order valence-electron chi connectivity index (χ2n) is 8.36. The summed E-state index contributed by atoms with van der Waals surface area (Å²) in [7, 11) is -3.93. The Labute approximate surface area is 188 Å². The van der Waals surface area contributed by atoms with Crippen molar-refractivity contribution >= 4 is 33.5 Å². The number of sulfonamides is 1. The third-order valence-electron chi connectivity index (χ3n) is 5.63. The Bertz CT molecular complexity index is 920. The van der Waals surface area contributed by atoms with E-state index in [-0.39, 0.29) is 53.3 Å². The standard InChI is InChI=1S/C21H29ClN2O6S/c1-14-6-8-23(9-7-14)20(25)13-29-21(26)17-4-5-18(22)19(10-17)31(27,28)24-11-15(2)30-16(3)12-24/h4-5,10,14-16H,6-9,11-13H2,1-3H3/t15-,16+. The van der Waals surface area contributed by atoms with Gasteiger partial charge in [0.25, 0.3) is 5.91 Å². The summed E-state index contributed by atoms with van der Waals surface area (Å²) in [6, 6.07) is 3.95. The SMILES string of the molecule is CC1CCN(C(=O)COC(=O)c2ccc(Cl)c(S(=O)(=O)N3C[C@@H](C)O[C@@H](C)C3)c2)CC1. The Morgan fingerprint density at radius 3 is 2.35 bits per heavy atom. The van der Waals surface area contributed by atoms with E-state index in [1.54, 1.807) is 18.7 Å². The van der Waals surface area contributed by atoms with E-state index >= 15 is 0 Å². The summed E-state index contributed by atoms with van der Waals surface area (Å²) < 4.78 is 38.4. The van der Waals surface area contributed by atoms with E-state index in [2.05, 4.69) is 6.92 Å². The van der Waals surface area contributed by atoms with Crippen LogP contribution in [0.25, 0.3) is 0 Å². The molecular weight excluding hydrogens is 444 g/mol. The van der Waals surface area contributed by atoms with Crippen molar-refractivity contribution in [1.29, 1.82) is 0 Å². The number of carbonyl (C=O) groups is 2. The second-order valence-corrected chi connectivity index (χ2v) is 10.7. The molecule has 2 aliphatic heterocycles. The molecule has 0 N–H and O–H groups in total. The molecule has 2 fully saturated rings. The molecule has 0 saturated carbocycles. The lowest BCUT2D eigenvalue weighted by Gasteiger charge is -2.34. The molecule has 10 heteroatoms. The maximum Gasteiger partial charge on any atom is 0.338 e. The zero-order valence-electron chi connectivity index (χ0n) is 18.0. The largest absolute Gasteiger partial charge is 0.452 e. The van der Waals surface area contributed by atoms with Crippen LogP contribution >= 0.6 is 11.6 Å². The molecule has 3 rings (SSSR count). The number of ether oxygens (including phenoxy) is 2. The normalized spacial score (nSPS) is 23.5. The number of benzene rings is 1. The van der Waals surface area contributed by atoms with Gasteiger partial charge in [-0.1, -0.05) is 18.5 Å². The van der Waals surface area contributed by atoms with E-state index in [1.807, 2.05) is 0 Å². The Hall–Kier alpha value is -1.68. The highest BCUT2D eigenvalue weighted by Gasteiger charge is 2.34. The number of hydrogen-bond donors (Lipinski definition) is 0. The highest BCUT2D eigenvalue weighted by atomic mass is 35.5. The molecule has 2 aliphatic rings. The van der Waals surface area contributed by atoms with Gasteiger partial charge < -0.3 is 14.4 Å². The number of halogens is 1. The highest BCUT2D eigenvalue weighted by Crippen LogP contribution is 2.28. The number of hydrogen-bond acceptors (Lipinski definition) is 6. The van der Waals surface area contributed by atoms with Crippen LogP contribution in [0.4, 0.5) is 0 Å². The van der Waals surface area contributed by atoms with Crippen LogP contribution in [0.5, 0.6) is 0 Å². The third kappa shape index (κ3) is 5.77. The minimum atomic E-state index is -3.93. The lowest BCUT2D eigenvalue weighted by Crippen LogP contribution is -2.48. The van der Waals surface area contributed by atoms with Gasteiger partial charge in [0.15, 0.2) is 6.61 Å².